The summed E-state index contributed by atoms with van der Waals surface area (Å²) >= 11 is 6.28. The molecular formula is C21H20ClFN4O. The molecule has 28 heavy (non-hydrogen) atoms. The van der Waals surface area contributed by atoms with Crippen LogP contribution in [0.5, 0.6) is 0 Å². The van der Waals surface area contributed by atoms with Crippen LogP contribution in [0.1, 0.15) is 27.0 Å². The Morgan fingerprint density at radius 2 is 1.86 bits per heavy atom. The van der Waals surface area contributed by atoms with E-state index in [1.54, 1.807) is 18.2 Å². The van der Waals surface area contributed by atoms with Gasteiger partial charge < -0.3 is 10.6 Å². The quantitative estimate of drug-likeness (QED) is 0.636. The second-order valence-corrected chi connectivity index (χ2v) is 6.86. The van der Waals surface area contributed by atoms with E-state index < -0.39 is 0 Å². The Kier molecular flexibility index (Phi) is 6.21. The lowest BCUT2D eigenvalue weighted by Crippen LogP contribution is -2.26. The maximum Gasteiger partial charge on any atom is 0.254 e. The molecule has 0 unspecified atom stereocenters. The number of nitrogens with one attached hydrogen (secondary N) is 2. The number of hydrogen-bond acceptors (Lipinski definition) is 4. The second-order valence-electron chi connectivity index (χ2n) is 6.46. The highest BCUT2D eigenvalue weighted by molar-refractivity contribution is 6.33. The first-order valence-electron chi connectivity index (χ1n) is 8.81. The molecule has 5 nitrogen and oxygen atoms in total. The lowest BCUT2D eigenvalue weighted by molar-refractivity contribution is 0.0953. The van der Waals surface area contributed by atoms with Crippen LogP contribution in [0.3, 0.4) is 0 Å². The predicted molar refractivity (Wildman–Crippen MR) is 109 cm³/mol. The smallest absolute Gasteiger partial charge is 0.254 e. The Morgan fingerprint density at radius 3 is 2.54 bits per heavy atom. The summed E-state index contributed by atoms with van der Waals surface area (Å²) in [5, 5.41) is 6.40. The molecule has 0 saturated heterocycles. The Bertz CT molecular complexity index is 969. The van der Waals surface area contributed by atoms with E-state index in [0.717, 1.165) is 16.8 Å². The molecule has 0 spiro atoms. The maximum atomic E-state index is 13.6. The van der Waals surface area contributed by atoms with Gasteiger partial charge in [0.2, 0.25) is 5.95 Å². The number of carbonyl (C=O) groups is 1. The van der Waals surface area contributed by atoms with Gasteiger partial charge in [0.15, 0.2) is 0 Å². The van der Waals surface area contributed by atoms with E-state index in [-0.39, 0.29) is 11.7 Å². The number of rotatable bonds is 6. The van der Waals surface area contributed by atoms with Crippen molar-refractivity contribution in [1.82, 2.24) is 15.3 Å². The summed E-state index contributed by atoms with van der Waals surface area (Å²) in [6, 6.07) is 10.4. The zero-order chi connectivity index (χ0) is 20.1. The molecule has 0 saturated carbocycles. The van der Waals surface area contributed by atoms with Crippen molar-refractivity contribution < 1.29 is 9.18 Å². The van der Waals surface area contributed by atoms with Gasteiger partial charge in [-0.1, -0.05) is 35.9 Å². The normalized spacial score (nSPS) is 10.6. The summed E-state index contributed by atoms with van der Waals surface area (Å²) in [6.45, 7) is 4.23. The minimum Gasteiger partial charge on any atom is -0.352 e. The first-order chi connectivity index (χ1) is 13.4. The van der Waals surface area contributed by atoms with Gasteiger partial charge in [-0.05, 0) is 49.1 Å². The van der Waals surface area contributed by atoms with E-state index in [0.29, 0.717) is 35.1 Å². The highest BCUT2D eigenvalue weighted by atomic mass is 35.5. The molecule has 3 aromatic rings. The van der Waals surface area contributed by atoms with Gasteiger partial charge in [-0.2, -0.15) is 0 Å². The zero-order valence-electron chi connectivity index (χ0n) is 15.6. The predicted octanol–water partition coefficient (Wildman–Crippen LogP) is 4.60. The van der Waals surface area contributed by atoms with E-state index in [2.05, 4.69) is 20.6 Å². The van der Waals surface area contributed by atoms with Gasteiger partial charge in [0.05, 0.1) is 16.3 Å². The van der Waals surface area contributed by atoms with Crippen molar-refractivity contribution in [2.45, 2.75) is 20.3 Å². The van der Waals surface area contributed by atoms with Crippen LogP contribution in [0.15, 0.2) is 48.8 Å². The average Bonchev–Trinajstić information content (AvgIpc) is 2.66. The third kappa shape index (κ3) is 4.84. The summed E-state index contributed by atoms with van der Waals surface area (Å²) in [4.78, 5) is 20.6. The van der Waals surface area contributed by atoms with Crippen LogP contribution >= 0.6 is 11.6 Å². The highest BCUT2D eigenvalue weighted by Gasteiger charge is 2.10. The van der Waals surface area contributed by atoms with Crippen LogP contribution in [0.25, 0.3) is 0 Å². The summed E-state index contributed by atoms with van der Waals surface area (Å²) in [7, 11) is 0. The third-order valence-corrected chi connectivity index (χ3v) is 4.52. The molecule has 0 aliphatic rings. The first-order valence-corrected chi connectivity index (χ1v) is 9.19. The Morgan fingerprint density at radius 1 is 1.14 bits per heavy atom. The Labute approximate surface area is 168 Å². The summed E-state index contributed by atoms with van der Waals surface area (Å²) in [5.74, 6) is -0.246. The molecule has 1 heterocycles. The van der Waals surface area contributed by atoms with Crippen molar-refractivity contribution in [3.63, 3.8) is 0 Å². The number of nitrogens with zero attached hydrogens (tertiary/aromatic N) is 2. The van der Waals surface area contributed by atoms with Crippen molar-refractivity contribution in [2.24, 2.45) is 0 Å². The average molecular weight is 399 g/mol. The molecule has 0 aliphatic heterocycles. The number of anilines is 2. The molecular weight excluding hydrogens is 379 g/mol. The number of aryl methyl sites for hydroxylation is 2. The van der Waals surface area contributed by atoms with Crippen LogP contribution in [0.2, 0.25) is 5.02 Å². The fourth-order valence-electron chi connectivity index (χ4n) is 2.81. The minimum atomic E-state index is -0.313. The van der Waals surface area contributed by atoms with Crippen molar-refractivity contribution in [1.29, 1.82) is 0 Å². The van der Waals surface area contributed by atoms with Crippen molar-refractivity contribution >= 4 is 29.1 Å². The van der Waals surface area contributed by atoms with E-state index in [1.807, 2.05) is 26.0 Å². The van der Waals surface area contributed by atoms with Gasteiger partial charge in [-0.3, -0.25) is 4.79 Å². The number of carbonyl (C=O) groups excluding carboxylic acids is 1. The van der Waals surface area contributed by atoms with Crippen LogP contribution in [0.4, 0.5) is 16.0 Å². The van der Waals surface area contributed by atoms with Crippen LogP contribution in [-0.2, 0) is 6.42 Å². The maximum absolute atomic E-state index is 13.6. The van der Waals surface area contributed by atoms with E-state index >= 15 is 0 Å². The molecule has 1 amide bonds. The minimum absolute atomic E-state index is 0.277. The second kappa shape index (κ2) is 8.80. The molecule has 2 aromatic carbocycles. The molecule has 0 fully saturated rings. The van der Waals surface area contributed by atoms with E-state index in [9.17, 15) is 9.18 Å². The molecule has 2 N–H and O–H groups in total. The van der Waals surface area contributed by atoms with Crippen LogP contribution in [-0.4, -0.2) is 22.4 Å². The lowest BCUT2D eigenvalue weighted by Gasteiger charge is -2.11. The number of benzene rings is 2. The van der Waals surface area contributed by atoms with E-state index in [1.165, 1.54) is 18.5 Å². The molecule has 0 bridgehead atoms. The van der Waals surface area contributed by atoms with Gasteiger partial charge in [0.1, 0.15) is 5.82 Å². The van der Waals surface area contributed by atoms with Crippen molar-refractivity contribution in [2.75, 3.05) is 11.9 Å². The zero-order valence-corrected chi connectivity index (χ0v) is 16.3. The lowest BCUT2D eigenvalue weighted by atomic mass is 10.1. The van der Waals surface area contributed by atoms with Gasteiger partial charge >= 0.3 is 0 Å². The largest absolute Gasteiger partial charge is 0.352 e. The van der Waals surface area contributed by atoms with E-state index in [4.69, 9.17) is 11.6 Å². The topological polar surface area (TPSA) is 66.9 Å². The standard InChI is InChI=1S/C21H20ClFN4O/c1-13-9-14(2)19(17(22)10-13)27-21-25-11-16(12-26-21)20(28)24-8-7-15-5-3-4-6-18(15)23/h3-6,9-12H,7-8H2,1-2H3,(H,24,28)(H,25,26,27). The Balaban J connectivity index is 1.59. The van der Waals surface area contributed by atoms with Crippen molar-refractivity contribution in [3.05, 3.63) is 81.9 Å². The number of aromatic nitrogens is 2. The monoisotopic (exact) mass is 398 g/mol. The Hall–Kier alpha value is -2.99. The van der Waals surface area contributed by atoms with Gasteiger partial charge in [-0.15, -0.1) is 0 Å². The molecule has 0 radical (unpaired) electrons. The number of halogens is 2. The molecule has 7 heteroatoms. The van der Waals surface area contributed by atoms with Gasteiger partial charge in [0.25, 0.3) is 5.91 Å². The van der Waals surface area contributed by atoms with Crippen LogP contribution in [0, 0.1) is 19.7 Å². The fraction of sp³-hybridized carbons (Fsp3) is 0.190. The summed E-state index contributed by atoms with van der Waals surface area (Å²) in [5.41, 5.74) is 3.66. The molecule has 0 atom stereocenters. The van der Waals surface area contributed by atoms with Gasteiger partial charge in [-0.25, -0.2) is 14.4 Å². The number of hydrogen-bond donors (Lipinski definition) is 2. The van der Waals surface area contributed by atoms with Crippen molar-refractivity contribution in [3.8, 4) is 0 Å². The fourth-order valence-corrected chi connectivity index (χ4v) is 3.18. The summed E-state index contributed by atoms with van der Waals surface area (Å²) in [6.07, 6.45) is 3.28. The summed E-state index contributed by atoms with van der Waals surface area (Å²) < 4.78 is 13.6. The molecule has 144 valence electrons. The SMILES string of the molecule is Cc1cc(C)c(Nc2ncc(C(=O)NCCc3ccccc3F)cn2)c(Cl)c1. The number of amides is 1. The molecule has 0 aliphatic carbocycles. The highest BCUT2D eigenvalue weighted by Crippen LogP contribution is 2.29. The third-order valence-electron chi connectivity index (χ3n) is 4.22. The molecule has 3 rings (SSSR count). The van der Waals surface area contributed by atoms with Gasteiger partial charge in [0, 0.05) is 18.9 Å². The first kappa shape index (κ1) is 19.8. The van der Waals surface area contributed by atoms with Crippen LogP contribution < -0.4 is 10.6 Å². The molecule has 1 aromatic heterocycles.